The van der Waals surface area contributed by atoms with Crippen molar-refractivity contribution < 1.29 is 4.74 Å². The van der Waals surface area contributed by atoms with E-state index in [1.54, 1.807) is 18.4 Å². The SMILES string of the molecule is COCCN(CCNCCc1ccsc1)CC(C)C. The van der Waals surface area contributed by atoms with Crippen molar-refractivity contribution >= 4 is 11.3 Å². The van der Waals surface area contributed by atoms with Gasteiger partial charge in [0.25, 0.3) is 0 Å². The maximum absolute atomic E-state index is 5.17. The summed E-state index contributed by atoms with van der Waals surface area (Å²) in [4.78, 5) is 2.48. The average molecular weight is 284 g/mol. The lowest BCUT2D eigenvalue weighted by molar-refractivity contribution is 0.140. The molecule has 1 N–H and O–H groups in total. The van der Waals surface area contributed by atoms with Crippen molar-refractivity contribution in [1.29, 1.82) is 0 Å². The van der Waals surface area contributed by atoms with Crippen LogP contribution in [-0.2, 0) is 11.2 Å². The first-order valence-corrected chi connectivity index (χ1v) is 8.09. The third kappa shape index (κ3) is 8.37. The molecule has 110 valence electrons. The fraction of sp³-hybridized carbons (Fsp3) is 0.733. The zero-order chi connectivity index (χ0) is 13.9. The molecular formula is C15H28N2OS. The van der Waals surface area contributed by atoms with E-state index in [9.17, 15) is 0 Å². The summed E-state index contributed by atoms with van der Waals surface area (Å²) in [6, 6.07) is 2.20. The van der Waals surface area contributed by atoms with E-state index in [1.807, 2.05) is 0 Å². The molecule has 0 saturated carbocycles. The van der Waals surface area contributed by atoms with E-state index in [0.29, 0.717) is 5.92 Å². The molecule has 3 nitrogen and oxygen atoms in total. The number of methoxy groups -OCH3 is 1. The number of nitrogens with one attached hydrogen (secondary N) is 1. The Morgan fingerprint density at radius 3 is 2.79 bits per heavy atom. The first-order valence-electron chi connectivity index (χ1n) is 7.15. The smallest absolute Gasteiger partial charge is 0.0589 e. The van der Waals surface area contributed by atoms with Crippen LogP contribution in [0, 0.1) is 5.92 Å². The van der Waals surface area contributed by atoms with Gasteiger partial charge in [-0.15, -0.1) is 0 Å². The first kappa shape index (κ1) is 16.6. The van der Waals surface area contributed by atoms with Gasteiger partial charge in [-0.2, -0.15) is 11.3 Å². The topological polar surface area (TPSA) is 24.5 Å². The maximum atomic E-state index is 5.17. The van der Waals surface area contributed by atoms with Crippen LogP contribution in [0.3, 0.4) is 0 Å². The van der Waals surface area contributed by atoms with E-state index in [-0.39, 0.29) is 0 Å². The third-order valence-corrected chi connectivity index (χ3v) is 3.74. The Morgan fingerprint density at radius 2 is 2.16 bits per heavy atom. The first-order chi connectivity index (χ1) is 9.22. The van der Waals surface area contributed by atoms with E-state index >= 15 is 0 Å². The summed E-state index contributed by atoms with van der Waals surface area (Å²) in [5.74, 6) is 0.711. The van der Waals surface area contributed by atoms with Crippen LogP contribution >= 0.6 is 11.3 Å². The Hall–Kier alpha value is -0.420. The molecule has 0 spiro atoms. The van der Waals surface area contributed by atoms with Gasteiger partial charge in [0.1, 0.15) is 0 Å². The van der Waals surface area contributed by atoms with Gasteiger partial charge >= 0.3 is 0 Å². The monoisotopic (exact) mass is 284 g/mol. The highest BCUT2D eigenvalue weighted by Crippen LogP contribution is 2.05. The Labute approximate surface area is 122 Å². The van der Waals surface area contributed by atoms with Gasteiger partial charge in [0, 0.05) is 33.3 Å². The fourth-order valence-electron chi connectivity index (χ4n) is 2.06. The van der Waals surface area contributed by atoms with Gasteiger partial charge in [0.2, 0.25) is 0 Å². The van der Waals surface area contributed by atoms with Crippen molar-refractivity contribution in [2.24, 2.45) is 5.92 Å². The number of hydrogen-bond acceptors (Lipinski definition) is 4. The fourth-order valence-corrected chi connectivity index (χ4v) is 2.76. The highest BCUT2D eigenvalue weighted by atomic mass is 32.1. The molecule has 0 fully saturated rings. The summed E-state index contributed by atoms with van der Waals surface area (Å²) in [5.41, 5.74) is 1.44. The van der Waals surface area contributed by atoms with Crippen molar-refractivity contribution in [2.75, 3.05) is 46.4 Å². The predicted octanol–water partition coefficient (Wildman–Crippen LogP) is 2.48. The average Bonchev–Trinajstić information content (AvgIpc) is 2.87. The highest BCUT2D eigenvalue weighted by Gasteiger charge is 2.06. The molecule has 1 aromatic rings. The molecule has 0 saturated heterocycles. The van der Waals surface area contributed by atoms with Gasteiger partial charge in [-0.3, -0.25) is 4.90 Å². The van der Waals surface area contributed by atoms with Gasteiger partial charge in [-0.1, -0.05) is 13.8 Å². The van der Waals surface area contributed by atoms with E-state index in [4.69, 9.17) is 4.74 Å². The van der Waals surface area contributed by atoms with Crippen LogP contribution in [0.5, 0.6) is 0 Å². The van der Waals surface area contributed by atoms with Crippen LogP contribution in [-0.4, -0.2) is 51.3 Å². The summed E-state index contributed by atoms with van der Waals surface area (Å²) in [5, 5.41) is 7.90. The molecular weight excluding hydrogens is 256 g/mol. The number of nitrogens with zero attached hydrogens (tertiary/aromatic N) is 1. The molecule has 0 unspecified atom stereocenters. The zero-order valence-electron chi connectivity index (χ0n) is 12.5. The standard InChI is InChI=1S/C15H28N2OS/c1-14(2)12-17(9-10-18-3)8-7-16-6-4-15-5-11-19-13-15/h5,11,13-14,16H,4,6-10,12H2,1-3H3. The van der Waals surface area contributed by atoms with Gasteiger partial charge in [-0.05, 0) is 41.3 Å². The van der Waals surface area contributed by atoms with Crippen LogP contribution < -0.4 is 5.32 Å². The molecule has 1 rings (SSSR count). The van der Waals surface area contributed by atoms with Crippen molar-refractivity contribution in [3.05, 3.63) is 22.4 Å². The Kier molecular flexibility index (Phi) is 9.08. The summed E-state index contributed by atoms with van der Waals surface area (Å²) in [6.07, 6.45) is 1.13. The number of thiophene rings is 1. The normalized spacial score (nSPS) is 11.6. The van der Waals surface area contributed by atoms with Gasteiger partial charge in [-0.25, -0.2) is 0 Å². The molecule has 0 aliphatic carbocycles. The minimum absolute atomic E-state index is 0.711. The molecule has 0 atom stereocenters. The molecule has 0 bridgehead atoms. The lowest BCUT2D eigenvalue weighted by atomic mass is 10.2. The Balaban J connectivity index is 2.09. The molecule has 0 aromatic carbocycles. The summed E-state index contributed by atoms with van der Waals surface area (Å²) >= 11 is 1.77. The molecule has 0 aliphatic rings. The third-order valence-electron chi connectivity index (χ3n) is 3.01. The second kappa shape index (κ2) is 10.4. The van der Waals surface area contributed by atoms with Crippen LogP contribution in [0.1, 0.15) is 19.4 Å². The van der Waals surface area contributed by atoms with E-state index in [2.05, 4.69) is 40.9 Å². The van der Waals surface area contributed by atoms with Crippen LogP contribution in [0.15, 0.2) is 16.8 Å². The van der Waals surface area contributed by atoms with Gasteiger partial charge in [0.05, 0.1) is 6.61 Å². The minimum atomic E-state index is 0.711. The van der Waals surface area contributed by atoms with Crippen molar-refractivity contribution in [1.82, 2.24) is 10.2 Å². The summed E-state index contributed by atoms with van der Waals surface area (Å²) in [7, 11) is 1.77. The molecule has 0 radical (unpaired) electrons. The maximum Gasteiger partial charge on any atom is 0.0589 e. The molecule has 4 heteroatoms. The van der Waals surface area contributed by atoms with Crippen LogP contribution in [0.2, 0.25) is 0 Å². The van der Waals surface area contributed by atoms with Crippen LogP contribution in [0.4, 0.5) is 0 Å². The lowest BCUT2D eigenvalue weighted by Gasteiger charge is -2.24. The van der Waals surface area contributed by atoms with Crippen LogP contribution in [0.25, 0.3) is 0 Å². The minimum Gasteiger partial charge on any atom is -0.383 e. The lowest BCUT2D eigenvalue weighted by Crippen LogP contribution is -2.37. The molecule has 1 aromatic heterocycles. The van der Waals surface area contributed by atoms with Crippen molar-refractivity contribution in [2.45, 2.75) is 20.3 Å². The zero-order valence-corrected chi connectivity index (χ0v) is 13.3. The summed E-state index contributed by atoms with van der Waals surface area (Å²) < 4.78 is 5.17. The van der Waals surface area contributed by atoms with Crippen molar-refractivity contribution in [3.63, 3.8) is 0 Å². The van der Waals surface area contributed by atoms with E-state index in [1.165, 1.54) is 5.56 Å². The molecule has 1 heterocycles. The number of rotatable bonds is 11. The number of hydrogen-bond donors (Lipinski definition) is 1. The van der Waals surface area contributed by atoms with E-state index in [0.717, 1.165) is 45.8 Å². The summed E-state index contributed by atoms with van der Waals surface area (Å²) in [6.45, 7) is 10.8. The van der Waals surface area contributed by atoms with Gasteiger partial charge in [0.15, 0.2) is 0 Å². The molecule has 19 heavy (non-hydrogen) atoms. The largest absolute Gasteiger partial charge is 0.383 e. The second-order valence-corrected chi connectivity index (χ2v) is 6.10. The van der Waals surface area contributed by atoms with Gasteiger partial charge < -0.3 is 10.1 Å². The molecule has 0 aliphatic heterocycles. The second-order valence-electron chi connectivity index (χ2n) is 5.32. The predicted molar refractivity (Wildman–Crippen MR) is 84.0 cm³/mol. The number of ether oxygens (including phenoxy) is 1. The molecule has 0 amide bonds. The Morgan fingerprint density at radius 1 is 1.32 bits per heavy atom. The van der Waals surface area contributed by atoms with Crippen molar-refractivity contribution in [3.8, 4) is 0 Å². The quantitative estimate of drug-likeness (QED) is 0.632. The van der Waals surface area contributed by atoms with E-state index < -0.39 is 0 Å². The Bertz CT molecular complexity index is 301. The highest BCUT2D eigenvalue weighted by molar-refractivity contribution is 7.07.